The molecule has 2 aromatic carbocycles. The quantitative estimate of drug-likeness (QED) is 0.900. The van der Waals surface area contributed by atoms with Crippen molar-refractivity contribution in [1.82, 2.24) is 0 Å². The van der Waals surface area contributed by atoms with Crippen LogP contribution in [0.5, 0.6) is 0 Å². The molecule has 0 bridgehead atoms. The van der Waals surface area contributed by atoms with E-state index in [0.717, 1.165) is 16.7 Å². The first-order valence-corrected chi connectivity index (χ1v) is 6.67. The second-order valence-corrected chi connectivity index (χ2v) is 5.02. The largest absolute Gasteiger partial charge is 0.366 e. The maximum atomic E-state index is 11.5. The molecule has 2 rings (SSSR count). The maximum absolute atomic E-state index is 11.5. The number of carbonyl (C=O) groups excluding carboxylic acids is 1. The molecule has 2 aromatic rings. The second kappa shape index (κ2) is 5.64. The third-order valence-corrected chi connectivity index (χ3v) is 3.56. The normalized spacial score (nSPS) is 10.5. The molecule has 0 aromatic heterocycles. The Kier molecular flexibility index (Phi) is 4.13. The van der Waals surface area contributed by atoms with Crippen molar-refractivity contribution in [3.8, 4) is 11.1 Å². The van der Waals surface area contributed by atoms with Crippen LogP contribution in [0.3, 0.4) is 0 Å². The van der Waals surface area contributed by atoms with Gasteiger partial charge in [0, 0.05) is 21.2 Å². The van der Waals surface area contributed by atoms with E-state index in [4.69, 9.17) is 28.9 Å². The Bertz CT molecular complexity index is 638. The molecule has 0 heterocycles. The van der Waals surface area contributed by atoms with Crippen LogP contribution >= 0.6 is 23.2 Å². The third-order valence-electron chi connectivity index (χ3n) is 3.02. The van der Waals surface area contributed by atoms with Gasteiger partial charge in [0.2, 0.25) is 5.91 Å². The van der Waals surface area contributed by atoms with E-state index >= 15 is 0 Å². The van der Waals surface area contributed by atoms with Crippen molar-refractivity contribution in [3.05, 3.63) is 57.6 Å². The standard InChI is InChI=1S/C15H13Cl2NO/c1-2-10-11(4-3-5-13(10)15(18)19)12-7-6-9(16)8-14(12)17/h3-8H,2H2,1H3,(H2,18,19). The lowest BCUT2D eigenvalue weighted by atomic mass is 9.93. The van der Waals surface area contributed by atoms with Gasteiger partial charge < -0.3 is 5.73 Å². The first-order chi connectivity index (χ1) is 9.04. The molecule has 0 radical (unpaired) electrons. The van der Waals surface area contributed by atoms with E-state index in [1.165, 1.54) is 0 Å². The van der Waals surface area contributed by atoms with Crippen LogP contribution in [0.4, 0.5) is 0 Å². The van der Waals surface area contributed by atoms with Crippen LogP contribution in [-0.2, 0) is 6.42 Å². The van der Waals surface area contributed by atoms with Gasteiger partial charge in [-0.2, -0.15) is 0 Å². The number of nitrogens with two attached hydrogens (primary N) is 1. The summed E-state index contributed by atoms with van der Waals surface area (Å²) in [7, 11) is 0. The van der Waals surface area contributed by atoms with E-state index in [1.54, 1.807) is 24.3 Å². The molecule has 0 saturated heterocycles. The Morgan fingerprint density at radius 1 is 1.16 bits per heavy atom. The number of hydrogen-bond donors (Lipinski definition) is 1. The van der Waals surface area contributed by atoms with Crippen molar-refractivity contribution in [1.29, 1.82) is 0 Å². The van der Waals surface area contributed by atoms with Gasteiger partial charge in [-0.3, -0.25) is 4.79 Å². The molecular weight excluding hydrogens is 281 g/mol. The molecule has 0 saturated carbocycles. The summed E-state index contributed by atoms with van der Waals surface area (Å²) in [6.45, 7) is 1.98. The number of hydrogen-bond acceptors (Lipinski definition) is 1. The van der Waals surface area contributed by atoms with Gasteiger partial charge in [-0.15, -0.1) is 0 Å². The molecule has 0 atom stereocenters. The van der Waals surface area contributed by atoms with Crippen molar-refractivity contribution >= 4 is 29.1 Å². The van der Waals surface area contributed by atoms with E-state index < -0.39 is 5.91 Å². The summed E-state index contributed by atoms with van der Waals surface area (Å²) in [5.74, 6) is -0.427. The molecule has 0 aliphatic carbocycles. The fourth-order valence-electron chi connectivity index (χ4n) is 2.16. The molecule has 0 aliphatic rings. The van der Waals surface area contributed by atoms with Crippen molar-refractivity contribution < 1.29 is 4.79 Å². The Balaban J connectivity index is 2.68. The molecule has 2 N–H and O–H groups in total. The average molecular weight is 294 g/mol. The minimum atomic E-state index is -0.427. The zero-order chi connectivity index (χ0) is 14.0. The molecule has 0 aliphatic heterocycles. The van der Waals surface area contributed by atoms with Crippen molar-refractivity contribution in [2.24, 2.45) is 5.73 Å². The number of benzene rings is 2. The fraction of sp³-hybridized carbons (Fsp3) is 0.133. The summed E-state index contributed by atoms with van der Waals surface area (Å²) in [5.41, 5.74) is 8.61. The summed E-state index contributed by atoms with van der Waals surface area (Å²) in [6.07, 6.45) is 0.702. The zero-order valence-corrected chi connectivity index (χ0v) is 11.9. The Morgan fingerprint density at radius 2 is 1.89 bits per heavy atom. The predicted octanol–water partition coefficient (Wildman–Crippen LogP) is 4.32. The number of rotatable bonds is 3. The van der Waals surface area contributed by atoms with Gasteiger partial charge in [-0.05, 0) is 35.7 Å². The minimum absolute atomic E-state index is 0.427. The summed E-state index contributed by atoms with van der Waals surface area (Å²) >= 11 is 12.1. The van der Waals surface area contributed by atoms with E-state index in [9.17, 15) is 4.79 Å². The van der Waals surface area contributed by atoms with Crippen LogP contribution in [-0.4, -0.2) is 5.91 Å². The molecular formula is C15H13Cl2NO. The lowest BCUT2D eigenvalue weighted by molar-refractivity contribution is 0.0999. The number of halogens is 2. The van der Waals surface area contributed by atoms with E-state index in [0.29, 0.717) is 22.0 Å². The number of amides is 1. The maximum Gasteiger partial charge on any atom is 0.248 e. The molecule has 0 unspecified atom stereocenters. The van der Waals surface area contributed by atoms with Gasteiger partial charge in [0.25, 0.3) is 0 Å². The minimum Gasteiger partial charge on any atom is -0.366 e. The predicted molar refractivity (Wildman–Crippen MR) is 79.8 cm³/mol. The van der Waals surface area contributed by atoms with Crippen LogP contribution in [0, 0.1) is 0 Å². The molecule has 98 valence electrons. The van der Waals surface area contributed by atoms with Crippen molar-refractivity contribution in [2.45, 2.75) is 13.3 Å². The van der Waals surface area contributed by atoms with Gasteiger partial charge in [-0.1, -0.05) is 48.3 Å². The highest BCUT2D eigenvalue weighted by atomic mass is 35.5. The van der Waals surface area contributed by atoms with Gasteiger partial charge in [-0.25, -0.2) is 0 Å². The number of primary amides is 1. The summed E-state index contributed by atoms with van der Waals surface area (Å²) in [5, 5.41) is 1.14. The zero-order valence-electron chi connectivity index (χ0n) is 10.4. The van der Waals surface area contributed by atoms with Crippen molar-refractivity contribution in [2.75, 3.05) is 0 Å². The average Bonchev–Trinajstić information content (AvgIpc) is 2.37. The highest BCUT2D eigenvalue weighted by Gasteiger charge is 2.14. The molecule has 19 heavy (non-hydrogen) atoms. The lowest BCUT2D eigenvalue weighted by Crippen LogP contribution is -2.14. The summed E-state index contributed by atoms with van der Waals surface area (Å²) < 4.78 is 0. The first kappa shape index (κ1) is 13.9. The van der Waals surface area contributed by atoms with Gasteiger partial charge >= 0.3 is 0 Å². The van der Waals surface area contributed by atoms with Gasteiger partial charge in [0.15, 0.2) is 0 Å². The third kappa shape index (κ3) is 2.75. The summed E-state index contributed by atoms with van der Waals surface area (Å²) in [4.78, 5) is 11.5. The van der Waals surface area contributed by atoms with Crippen LogP contribution in [0.1, 0.15) is 22.8 Å². The van der Waals surface area contributed by atoms with Gasteiger partial charge in [0.05, 0.1) is 0 Å². The number of carbonyl (C=O) groups is 1. The van der Waals surface area contributed by atoms with Crippen LogP contribution in [0.15, 0.2) is 36.4 Å². The van der Waals surface area contributed by atoms with E-state index in [2.05, 4.69) is 0 Å². The highest BCUT2D eigenvalue weighted by molar-refractivity contribution is 6.36. The lowest BCUT2D eigenvalue weighted by Gasteiger charge is -2.13. The van der Waals surface area contributed by atoms with E-state index in [1.807, 2.05) is 19.1 Å². The van der Waals surface area contributed by atoms with Crippen LogP contribution < -0.4 is 5.73 Å². The second-order valence-electron chi connectivity index (χ2n) is 4.17. The topological polar surface area (TPSA) is 43.1 Å². The van der Waals surface area contributed by atoms with Gasteiger partial charge in [0.1, 0.15) is 0 Å². The highest BCUT2D eigenvalue weighted by Crippen LogP contribution is 2.33. The molecule has 4 heteroatoms. The molecule has 1 amide bonds. The van der Waals surface area contributed by atoms with Crippen LogP contribution in [0.25, 0.3) is 11.1 Å². The Hall–Kier alpha value is -1.51. The van der Waals surface area contributed by atoms with Crippen molar-refractivity contribution in [3.63, 3.8) is 0 Å². The first-order valence-electron chi connectivity index (χ1n) is 5.91. The molecule has 0 spiro atoms. The smallest absolute Gasteiger partial charge is 0.248 e. The van der Waals surface area contributed by atoms with E-state index in [-0.39, 0.29) is 0 Å². The Labute approximate surface area is 122 Å². The van der Waals surface area contributed by atoms with Crippen LogP contribution in [0.2, 0.25) is 10.0 Å². The molecule has 0 fully saturated rings. The SMILES string of the molecule is CCc1c(C(N)=O)cccc1-c1ccc(Cl)cc1Cl. The fourth-order valence-corrected chi connectivity index (χ4v) is 2.67. The monoisotopic (exact) mass is 293 g/mol. The molecule has 2 nitrogen and oxygen atoms in total. The summed E-state index contributed by atoms with van der Waals surface area (Å²) in [6, 6.07) is 10.8. The Morgan fingerprint density at radius 3 is 2.47 bits per heavy atom.